The van der Waals surface area contributed by atoms with E-state index in [9.17, 15) is 0 Å². The predicted octanol–water partition coefficient (Wildman–Crippen LogP) is 3.82. The van der Waals surface area contributed by atoms with Gasteiger partial charge in [0.05, 0.1) is 11.0 Å². The van der Waals surface area contributed by atoms with Crippen LogP contribution in [0.5, 0.6) is 0 Å². The Morgan fingerprint density at radius 1 is 1.26 bits per heavy atom. The summed E-state index contributed by atoms with van der Waals surface area (Å²) in [6, 6.07) is 6.20. The molecular formula is C15H18BrN3. The van der Waals surface area contributed by atoms with Crippen LogP contribution in [0.1, 0.15) is 25.7 Å². The second-order valence-electron chi connectivity index (χ2n) is 6.05. The summed E-state index contributed by atoms with van der Waals surface area (Å²) in [5.74, 6) is 3.37. The lowest BCUT2D eigenvalue weighted by Crippen LogP contribution is -2.16. The van der Waals surface area contributed by atoms with Gasteiger partial charge in [0.15, 0.2) is 0 Å². The second kappa shape index (κ2) is 4.23. The summed E-state index contributed by atoms with van der Waals surface area (Å²) in [4.78, 5) is 4.49. The molecule has 0 spiro atoms. The van der Waals surface area contributed by atoms with Crippen LogP contribution in [0.15, 0.2) is 22.7 Å². The fourth-order valence-electron chi connectivity index (χ4n) is 3.25. The van der Waals surface area contributed by atoms with Gasteiger partial charge in [-0.25, -0.2) is 4.98 Å². The normalized spacial score (nSPS) is 19.5. The quantitative estimate of drug-likeness (QED) is 0.931. The largest absolute Gasteiger partial charge is 0.369 e. The molecule has 2 saturated carbocycles. The maximum atomic E-state index is 6.13. The number of hydrogen-bond acceptors (Lipinski definition) is 2. The maximum Gasteiger partial charge on any atom is 0.201 e. The summed E-state index contributed by atoms with van der Waals surface area (Å²) < 4.78 is 3.32. The van der Waals surface area contributed by atoms with Crippen LogP contribution in [0.25, 0.3) is 11.0 Å². The lowest BCUT2D eigenvalue weighted by atomic mass is 9.98. The van der Waals surface area contributed by atoms with Crippen molar-refractivity contribution in [3.63, 3.8) is 0 Å². The Labute approximate surface area is 121 Å². The van der Waals surface area contributed by atoms with Crippen LogP contribution >= 0.6 is 15.9 Å². The minimum Gasteiger partial charge on any atom is -0.369 e. The number of imidazole rings is 1. The van der Waals surface area contributed by atoms with Crippen LogP contribution < -0.4 is 5.73 Å². The molecule has 3 nitrogen and oxygen atoms in total. The highest BCUT2D eigenvalue weighted by Crippen LogP contribution is 2.50. The molecular weight excluding hydrogens is 302 g/mol. The zero-order chi connectivity index (χ0) is 13.0. The number of rotatable bonds is 4. The number of nitrogen functional groups attached to an aromatic ring is 1. The summed E-state index contributed by atoms with van der Waals surface area (Å²) in [5.41, 5.74) is 8.30. The molecule has 2 N–H and O–H groups in total. The minimum atomic E-state index is 0.666. The van der Waals surface area contributed by atoms with E-state index in [1.807, 2.05) is 12.1 Å². The SMILES string of the molecule is Nc1nc2ccc(Br)cc2n1CC(C1CC1)C1CC1. The molecule has 1 heterocycles. The van der Waals surface area contributed by atoms with Crippen molar-refractivity contribution in [3.8, 4) is 0 Å². The van der Waals surface area contributed by atoms with Crippen molar-refractivity contribution < 1.29 is 0 Å². The summed E-state index contributed by atoms with van der Waals surface area (Å²) >= 11 is 3.54. The molecule has 0 unspecified atom stereocenters. The molecule has 1 aromatic carbocycles. The molecule has 19 heavy (non-hydrogen) atoms. The van der Waals surface area contributed by atoms with Gasteiger partial charge < -0.3 is 10.3 Å². The lowest BCUT2D eigenvalue weighted by Gasteiger charge is -2.17. The number of anilines is 1. The van der Waals surface area contributed by atoms with Gasteiger partial charge in [-0.2, -0.15) is 0 Å². The summed E-state index contributed by atoms with van der Waals surface area (Å²) in [6.07, 6.45) is 5.66. The van der Waals surface area contributed by atoms with Crippen molar-refractivity contribution in [3.05, 3.63) is 22.7 Å². The van der Waals surface area contributed by atoms with Gasteiger partial charge in [0.25, 0.3) is 0 Å². The number of nitrogens with zero attached hydrogens (tertiary/aromatic N) is 2. The standard InChI is InChI=1S/C15H18BrN3/c16-11-5-6-13-14(7-11)19(15(17)18-13)8-12(9-1-2-9)10-3-4-10/h5-7,9-10,12H,1-4,8H2,(H2,17,18). The smallest absolute Gasteiger partial charge is 0.201 e. The number of nitrogens with two attached hydrogens (primary N) is 1. The number of halogens is 1. The Balaban J connectivity index is 1.72. The van der Waals surface area contributed by atoms with Gasteiger partial charge in [0, 0.05) is 11.0 Å². The molecule has 4 rings (SSSR count). The molecule has 1 aromatic heterocycles. The Kier molecular flexibility index (Phi) is 2.62. The van der Waals surface area contributed by atoms with Crippen molar-refractivity contribution in [1.82, 2.24) is 9.55 Å². The fraction of sp³-hybridized carbons (Fsp3) is 0.533. The first-order valence-corrected chi connectivity index (χ1v) is 7.93. The molecule has 0 saturated heterocycles. The molecule has 0 amide bonds. The molecule has 0 atom stereocenters. The van der Waals surface area contributed by atoms with Crippen LogP contribution in [-0.4, -0.2) is 9.55 Å². The van der Waals surface area contributed by atoms with Crippen molar-refractivity contribution in [2.45, 2.75) is 32.2 Å². The highest BCUT2D eigenvalue weighted by atomic mass is 79.9. The van der Waals surface area contributed by atoms with Crippen molar-refractivity contribution in [2.75, 3.05) is 5.73 Å². The summed E-state index contributed by atoms with van der Waals surface area (Å²) in [7, 11) is 0. The molecule has 0 aliphatic heterocycles. The first kappa shape index (κ1) is 11.8. The van der Waals surface area contributed by atoms with Gasteiger partial charge in [0.2, 0.25) is 5.95 Å². The summed E-state index contributed by atoms with van der Waals surface area (Å²) in [5, 5.41) is 0. The van der Waals surface area contributed by atoms with Crippen LogP contribution in [-0.2, 0) is 6.54 Å². The van der Waals surface area contributed by atoms with Gasteiger partial charge in [-0.05, 0) is 61.6 Å². The summed E-state index contributed by atoms with van der Waals surface area (Å²) in [6.45, 7) is 1.05. The third-order valence-corrected chi connectivity index (χ3v) is 5.08. The monoisotopic (exact) mass is 319 g/mol. The molecule has 2 aliphatic carbocycles. The van der Waals surface area contributed by atoms with Gasteiger partial charge >= 0.3 is 0 Å². The Morgan fingerprint density at radius 3 is 2.58 bits per heavy atom. The van der Waals surface area contributed by atoms with E-state index in [0.29, 0.717) is 5.95 Å². The average Bonchev–Trinajstić information content (AvgIpc) is 3.25. The van der Waals surface area contributed by atoms with E-state index < -0.39 is 0 Å². The van der Waals surface area contributed by atoms with E-state index in [-0.39, 0.29) is 0 Å². The Hall–Kier alpha value is -1.03. The van der Waals surface area contributed by atoms with E-state index in [1.165, 1.54) is 25.7 Å². The number of fused-ring (bicyclic) bond motifs is 1. The first-order chi connectivity index (χ1) is 9.22. The van der Waals surface area contributed by atoms with Crippen molar-refractivity contribution in [2.24, 2.45) is 17.8 Å². The van der Waals surface area contributed by atoms with Crippen LogP contribution in [0.4, 0.5) is 5.95 Å². The number of hydrogen-bond donors (Lipinski definition) is 1. The number of aromatic nitrogens is 2. The fourth-order valence-corrected chi connectivity index (χ4v) is 3.60. The first-order valence-electron chi connectivity index (χ1n) is 7.13. The lowest BCUT2D eigenvalue weighted by molar-refractivity contribution is 0.355. The molecule has 0 bridgehead atoms. The molecule has 2 aliphatic rings. The van der Waals surface area contributed by atoms with E-state index in [2.05, 4.69) is 31.5 Å². The topological polar surface area (TPSA) is 43.8 Å². The number of benzene rings is 1. The van der Waals surface area contributed by atoms with Crippen LogP contribution in [0.3, 0.4) is 0 Å². The van der Waals surface area contributed by atoms with Crippen LogP contribution in [0.2, 0.25) is 0 Å². The van der Waals surface area contributed by atoms with Gasteiger partial charge in [-0.15, -0.1) is 0 Å². The highest BCUT2D eigenvalue weighted by Gasteiger charge is 2.41. The van der Waals surface area contributed by atoms with Gasteiger partial charge in [0.1, 0.15) is 0 Å². The van der Waals surface area contributed by atoms with Crippen molar-refractivity contribution in [1.29, 1.82) is 0 Å². The molecule has 100 valence electrons. The zero-order valence-electron chi connectivity index (χ0n) is 10.8. The predicted molar refractivity (Wildman–Crippen MR) is 80.8 cm³/mol. The highest BCUT2D eigenvalue weighted by molar-refractivity contribution is 9.10. The van der Waals surface area contributed by atoms with Gasteiger partial charge in [-0.3, -0.25) is 0 Å². The third kappa shape index (κ3) is 2.16. The third-order valence-electron chi connectivity index (χ3n) is 4.59. The minimum absolute atomic E-state index is 0.666. The second-order valence-corrected chi connectivity index (χ2v) is 6.97. The molecule has 0 radical (unpaired) electrons. The average molecular weight is 320 g/mol. The van der Waals surface area contributed by atoms with E-state index in [4.69, 9.17) is 5.73 Å². The Bertz CT molecular complexity index is 614. The molecule has 4 heteroatoms. The Morgan fingerprint density at radius 2 is 1.95 bits per heavy atom. The zero-order valence-corrected chi connectivity index (χ0v) is 12.4. The van der Waals surface area contributed by atoms with Crippen LogP contribution in [0, 0.1) is 17.8 Å². The van der Waals surface area contributed by atoms with E-state index in [0.717, 1.165) is 39.8 Å². The van der Waals surface area contributed by atoms with Gasteiger partial charge in [-0.1, -0.05) is 15.9 Å². The van der Waals surface area contributed by atoms with E-state index >= 15 is 0 Å². The maximum absolute atomic E-state index is 6.13. The van der Waals surface area contributed by atoms with Crippen molar-refractivity contribution >= 4 is 32.9 Å². The molecule has 2 fully saturated rings. The van der Waals surface area contributed by atoms with E-state index in [1.54, 1.807) is 0 Å². The molecule has 2 aromatic rings.